The molecule has 0 unspecified atom stereocenters. The van der Waals surface area contributed by atoms with Gasteiger partial charge in [-0.1, -0.05) is 30.3 Å². The maximum atomic E-state index is 13.2. The Kier molecular flexibility index (Phi) is 5.47. The van der Waals surface area contributed by atoms with Crippen LogP contribution in [0.4, 0.5) is 11.6 Å². The normalized spacial score (nSPS) is 13.2. The molecule has 0 atom stereocenters. The summed E-state index contributed by atoms with van der Waals surface area (Å²) < 4.78 is 7.61. The van der Waals surface area contributed by atoms with Crippen LogP contribution in [0.3, 0.4) is 0 Å². The van der Waals surface area contributed by atoms with Gasteiger partial charge in [0.25, 0.3) is 5.56 Å². The summed E-state index contributed by atoms with van der Waals surface area (Å²) in [6.07, 6.45) is 4.41. The number of thiophene rings is 1. The van der Waals surface area contributed by atoms with Crippen LogP contribution in [-0.4, -0.2) is 9.55 Å². The predicted octanol–water partition coefficient (Wildman–Crippen LogP) is 5.68. The number of fused-ring (bicyclic) bond motifs is 3. The molecule has 1 aliphatic rings. The molecular formula is C25H25N3O2S. The van der Waals surface area contributed by atoms with Crippen molar-refractivity contribution in [3.8, 4) is 5.75 Å². The molecule has 2 heterocycles. The van der Waals surface area contributed by atoms with Crippen molar-refractivity contribution in [2.24, 2.45) is 0 Å². The van der Waals surface area contributed by atoms with Crippen molar-refractivity contribution in [2.45, 2.75) is 45.8 Å². The molecule has 0 radical (unpaired) electrons. The minimum absolute atomic E-state index is 0.0669. The Morgan fingerprint density at radius 2 is 1.84 bits per heavy atom. The van der Waals surface area contributed by atoms with E-state index in [0.717, 1.165) is 46.5 Å². The molecule has 4 aromatic rings. The molecule has 0 aliphatic heterocycles. The third-order valence-electron chi connectivity index (χ3n) is 5.75. The zero-order valence-electron chi connectivity index (χ0n) is 17.6. The van der Waals surface area contributed by atoms with E-state index in [0.29, 0.717) is 19.1 Å². The highest BCUT2D eigenvalue weighted by atomic mass is 32.1. The first-order valence-electron chi connectivity index (χ1n) is 10.8. The average Bonchev–Trinajstić information content (AvgIpc) is 3.18. The van der Waals surface area contributed by atoms with E-state index in [2.05, 4.69) is 5.32 Å². The average molecular weight is 432 g/mol. The Bertz CT molecular complexity index is 1260. The van der Waals surface area contributed by atoms with Gasteiger partial charge in [-0.05, 0) is 68.0 Å². The van der Waals surface area contributed by atoms with Crippen molar-refractivity contribution in [1.82, 2.24) is 9.55 Å². The topological polar surface area (TPSA) is 56.1 Å². The molecule has 1 aliphatic carbocycles. The van der Waals surface area contributed by atoms with E-state index in [1.54, 1.807) is 15.9 Å². The van der Waals surface area contributed by atoms with Gasteiger partial charge in [-0.3, -0.25) is 9.36 Å². The van der Waals surface area contributed by atoms with Gasteiger partial charge in [0.05, 0.1) is 5.39 Å². The zero-order valence-corrected chi connectivity index (χ0v) is 18.4. The van der Waals surface area contributed by atoms with Crippen molar-refractivity contribution in [3.05, 3.63) is 81.0 Å². The summed E-state index contributed by atoms with van der Waals surface area (Å²) >= 11 is 1.68. The second-order valence-corrected chi connectivity index (χ2v) is 8.88. The molecule has 6 heteroatoms. The number of nitrogens with zero attached hydrogens (tertiary/aromatic N) is 2. The lowest BCUT2D eigenvalue weighted by Crippen LogP contribution is -2.23. The highest BCUT2D eigenvalue weighted by molar-refractivity contribution is 7.18. The SMILES string of the molecule is CCn1c(Nc2ccc(OCc3ccccc3)cc2)nc2sc3c(c2c1=O)CCCC3. The van der Waals surface area contributed by atoms with Gasteiger partial charge in [0, 0.05) is 17.1 Å². The number of hydrogen-bond acceptors (Lipinski definition) is 5. The van der Waals surface area contributed by atoms with Crippen LogP contribution in [0.5, 0.6) is 5.75 Å². The molecule has 2 aromatic carbocycles. The maximum absolute atomic E-state index is 13.2. The number of ether oxygens (including phenoxy) is 1. The molecule has 0 amide bonds. The van der Waals surface area contributed by atoms with Crippen LogP contribution in [-0.2, 0) is 26.0 Å². The van der Waals surface area contributed by atoms with Crippen LogP contribution in [0.2, 0.25) is 0 Å². The van der Waals surface area contributed by atoms with Gasteiger partial charge < -0.3 is 10.1 Å². The van der Waals surface area contributed by atoms with Gasteiger partial charge in [-0.15, -0.1) is 11.3 Å². The highest BCUT2D eigenvalue weighted by Gasteiger charge is 2.21. The van der Waals surface area contributed by atoms with Crippen molar-refractivity contribution >= 4 is 33.2 Å². The summed E-state index contributed by atoms with van der Waals surface area (Å²) in [6.45, 7) is 3.09. The van der Waals surface area contributed by atoms with E-state index in [9.17, 15) is 4.79 Å². The molecule has 0 bridgehead atoms. The highest BCUT2D eigenvalue weighted by Crippen LogP contribution is 2.34. The first kappa shape index (κ1) is 19.8. The Hall–Kier alpha value is -3.12. The molecule has 158 valence electrons. The second-order valence-electron chi connectivity index (χ2n) is 7.80. The fourth-order valence-corrected chi connectivity index (χ4v) is 5.38. The lowest BCUT2D eigenvalue weighted by molar-refractivity contribution is 0.306. The van der Waals surface area contributed by atoms with E-state index in [1.165, 1.54) is 16.9 Å². The fraction of sp³-hybridized carbons (Fsp3) is 0.280. The number of hydrogen-bond donors (Lipinski definition) is 1. The summed E-state index contributed by atoms with van der Waals surface area (Å²) in [5.41, 5.74) is 3.31. The Labute approximate surface area is 185 Å². The first-order chi connectivity index (χ1) is 15.2. The quantitative estimate of drug-likeness (QED) is 0.427. The number of aromatic nitrogens is 2. The van der Waals surface area contributed by atoms with E-state index >= 15 is 0 Å². The van der Waals surface area contributed by atoms with Crippen LogP contribution in [0.15, 0.2) is 59.4 Å². The van der Waals surface area contributed by atoms with E-state index in [4.69, 9.17) is 9.72 Å². The second kappa shape index (κ2) is 8.55. The number of aryl methyl sites for hydroxylation is 2. The van der Waals surface area contributed by atoms with Crippen molar-refractivity contribution in [2.75, 3.05) is 5.32 Å². The summed E-state index contributed by atoms with van der Waals surface area (Å²) in [6, 6.07) is 17.9. The first-order valence-corrected chi connectivity index (χ1v) is 11.6. The van der Waals surface area contributed by atoms with E-state index < -0.39 is 0 Å². The van der Waals surface area contributed by atoms with Gasteiger partial charge >= 0.3 is 0 Å². The molecule has 1 N–H and O–H groups in total. The van der Waals surface area contributed by atoms with Crippen molar-refractivity contribution in [3.63, 3.8) is 0 Å². The zero-order chi connectivity index (χ0) is 21.2. The Morgan fingerprint density at radius 3 is 2.61 bits per heavy atom. The Balaban J connectivity index is 1.39. The van der Waals surface area contributed by atoms with Gasteiger partial charge in [0.15, 0.2) is 0 Å². The number of nitrogens with one attached hydrogen (secondary N) is 1. The monoisotopic (exact) mass is 431 g/mol. The summed E-state index contributed by atoms with van der Waals surface area (Å²) in [5.74, 6) is 1.40. The number of benzene rings is 2. The van der Waals surface area contributed by atoms with Gasteiger partial charge in [-0.25, -0.2) is 4.98 Å². The van der Waals surface area contributed by atoms with Crippen molar-refractivity contribution in [1.29, 1.82) is 0 Å². The lowest BCUT2D eigenvalue weighted by atomic mass is 9.97. The van der Waals surface area contributed by atoms with Gasteiger partial charge in [-0.2, -0.15) is 0 Å². The molecule has 0 spiro atoms. The molecule has 31 heavy (non-hydrogen) atoms. The fourth-order valence-electron chi connectivity index (χ4n) is 4.13. The lowest BCUT2D eigenvalue weighted by Gasteiger charge is -2.14. The minimum Gasteiger partial charge on any atom is -0.489 e. The maximum Gasteiger partial charge on any atom is 0.263 e. The van der Waals surface area contributed by atoms with Gasteiger partial charge in [0.2, 0.25) is 5.95 Å². The van der Waals surface area contributed by atoms with Crippen LogP contribution < -0.4 is 15.6 Å². The van der Waals surface area contributed by atoms with Crippen LogP contribution in [0, 0.1) is 0 Å². The molecule has 2 aromatic heterocycles. The predicted molar refractivity (Wildman–Crippen MR) is 127 cm³/mol. The summed E-state index contributed by atoms with van der Waals surface area (Å²) in [5, 5.41) is 4.17. The standard InChI is InChI=1S/C25H25N3O2S/c1-2-28-24(29)22-20-10-6-7-11-21(20)31-23(22)27-25(28)26-18-12-14-19(15-13-18)30-16-17-8-4-3-5-9-17/h3-5,8-9,12-15H,2,6-7,10-11,16H2,1H3,(H,26,27). The van der Waals surface area contributed by atoms with Gasteiger partial charge in [0.1, 0.15) is 17.2 Å². The molecule has 5 rings (SSSR count). The minimum atomic E-state index is 0.0669. The smallest absolute Gasteiger partial charge is 0.263 e. The Morgan fingerprint density at radius 1 is 1.06 bits per heavy atom. The third-order valence-corrected chi connectivity index (χ3v) is 6.94. The number of rotatable bonds is 6. The van der Waals surface area contributed by atoms with E-state index in [-0.39, 0.29) is 5.56 Å². The van der Waals surface area contributed by atoms with Crippen LogP contribution in [0.25, 0.3) is 10.2 Å². The molecule has 0 saturated carbocycles. The van der Waals surface area contributed by atoms with Crippen LogP contribution in [0.1, 0.15) is 35.8 Å². The molecule has 5 nitrogen and oxygen atoms in total. The van der Waals surface area contributed by atoms with E-state index in [1.807, 2.05) is 61.5 Å². The molecule has 0 fully saturated rings. The molecule has 0 saturated heterocycles. The third kappa shape index (κ3) is 3.95. The number of anilines is 2. The largest absolute Gasteiger partial charge is 0.489 e. The van der Waals surface area contributed by atoms with Crippen LogP contribution >= 0.6 is 11.3 Å². The summed E-state index contributed by atoms with van der Waals surface area (Å²) in [4.78, 5) is 20.3. The van der Waals surface area contributed by atoms with Crippen molar-refractivity contribution < 1.29 is 4.74 Å². The molecular weight excluding hydrogens is 406 g/mol. The summed E-state index contributed by atoms with van der Waals surface area (Å²) in [7, 11) is 0.